The zero-order chi connectivity index (χ0) is 13.2. The lowest BCUT2D eigenvalue weighted by atomic mass is 10.3. The molecule has 0 saturated carbocycles. The van der Waals surface area contributed by atoms with E-state index in [9.17, 15) is 0 Å². The topological polar surface area (TPSA) is 118 Å². The number of aromatic nitrogens is 5. The van der Waals surface area contributed by atoms with Gasteiger partial charge in [0.15, 0.2) is 23.2 Å². The van der Waals surface area contributed by atoms with Crippen molar-refractivity contribution >= 4 is 11.7 Å². The first-order valence-corrected chi connectivity index (χ1v) is 5.70. The van der Waals surface area contributed by atoms with E-state index in [-0.39, 0.29) is 5.84 Å². The molecule has 0 atom stereocenters. The fourth-order valence-electron chi connectivity index (χ4n) is 2.04. The van der Waals surface area contributed by atoms with Gasteiger partial charge in [-0.2, -0.15) is 0 Å². The van der Waals surface area contributed by atoms with Crippen LogP contribution in [-0.2, 0) is 13.1 Å². The highest BCUT2D eigenvalue weighted by Crippen LogP contribution is 2.19. The van der Waals surface area contributed by atoms with E-state index in [1.165, 1.54) is 6.20 Å². The van der Waals surface area contributed by atoms with Crippen molar-refractivity contribution in [2.24, 2.45) is 10.9 Å². The third-order valence-corrected chi connectivity index (χ3v) is 2.97. The van der Waals surface area contributed by atoms with Crippen LogP contribution in [0, 0.1) is 0 Å². The number of anilines is 1. The quantitative estimate of drug-likeness (QED) is 0.313. The standard InChI is InChI=1S/C10H12N8O/c11-9(16-19)8-10(13-2-1-12-8)17-3-4-18-6-14-15-7(18)5-17/h1-2,6,19H,3-5H2,(H2,11,16). The highest BCUT2D eigenvalue weighted by Gasteiger charge is 2.22. The van der Waals surface area contributed by atoms with Crippen LogP contribution in [0.25, 0.3) is 0 Å². The Morgan fingerprint density at radius 2 is 2.16 bits per heavy atom. The Hall–Kier alpha value is -2.71. The molecule has 1 aliphatic rings. The highest BCUT2D eigenvalue weighted by molar-refractivity contribution is 5.99. The van der Waals surface area contributed by atoms with Crippen LogP contribution in [0.15, 0.2) is 23.9 Å². The van der Waals surface area contributed by atoms with Gasteiger partial charge in [0.25, 0.3) is 0 Å². The molecular weight excluding hydrogens is 248 g/mol. The van der Waals surface area contributed by atoms with Gasteiger partial charge >= 0.3 is 0 Å². The Balaban J connectivity index is 1.96. The molecule has 0 spiro atoms. The molecule has 1 aliphatic heterocycles. The van der Waals surface area contributed by atoms with Gasteiger partial charge in [0.05, 0.1) is 6.54 Å². The maximum Gasteiger partial charge on any atom is 0.192 e. The van der Waals surface area contributed by atoms with Crippen LogP contribution in [0.3, 0.4) is 0 Å². The van der Waals surface area contributed by atoms with E-state index in [1.54, 1.807) is 12.5 Å². The minimum atomic E-state index is -0.0601. The molecule has 9 nitrogen and oxygen atoms in total. The lowest BCUT2D eigenvalue weighted by Gasteiger charge is -2.28. The first kappa shape index (κ1) is 11.4. The third kappa shape index (κ3) is 1.94. The van der Waals surface area contributed by atoms with E-state index in [0.717, 1.165) is 18.9 Å². The first-order chi connectivity index (χ1) is 9.29. The van der Waals surface area contributed by atoms with Gasteiger partial charge in [0.2, 0.25) is 0 Å². The summed E-state index contributed by atoms with van der Waals surface area (Å²) in [6, 6.07) is 0. The number of hydrogen-bond donors (Lipinski definition) is 2. The van der Waals surface area contributed by atoms with Gasteiger partial charge in [-0.15, -0.1) is 10.2 Å². The SMILES string of the molecule is NC(=NO)c1nccnc1N1CCn2cnnc2C1. The van der Waals surface area contributed by atoms with E-state index in [0.29, 0.717) is 18.1 Å². The molecule has 9 heteroatoms. The molecule has 0 unspecified atom stereocenters. The van der Waals surface area contributed by atoms with Crippen molar-refractivity contribution in [3.8, 4) is 0 Å². The monoisotopic (exact) mass is 260 g/mol. The smallest absolute Gasteiger partial charge is 0.192 e. The molecule has 19 heavy (non-hydrogen) atoms. The average molecular weight is 260 g/mol. The highest BCUT2D eigenvalue weighted by atomic mass is 16.4. The summed E-state index contributed by atoms with van der Waals surface area (Å²) in [7, 11) is 0. The van der Waals surface area contributed by atoms with Gasteiger partial charge in [-0.25, -0.2) is 9.97 Å². The molecule has 3 N–H and O–H groups in total. The van der Waals surface area contributed by atoms with Gasteiger partial charge in [-0.3, -0.25) is 0 Å². The van der Waals surface area contributed by atoms with Crippen LogP contribution in [0.5, 0.6) is 0 Å². The summed E-state index contributed by atoms with van der Waals surface area (Å²) in [4.78, 5) is 10.3. The normalized spacial score (nSPS) is 15.4. The Labute approximate surface area is 108 Å². The van der Waals surface area contributed by atoms with Gasteiger partial charge in [-0.05, 0) is 0 Å². The molecule has 2 aromatic rings. The summed E-state index contributed by atoms with van der Waals surface area (Å²) in [5.41, 5.74) is 5.97. The molecule has 3 heterocycles. The second kappa shape index (κ2) is 4.52. The lowest BCUT2D eigenvalue weighted by molar-refractivity contribution is 0.318. The molecule has 0 bridgehead atoms. The minimum absolute atomic E-state index is 0.0601. The van der Waals surface area contributed by atoms with Crippen molar-refractivity contribution in [3.05, 3.63) is 30.2 Å². The zero-order valence-electron chi connectivity index (χ0n) is 10.0. The molecule has 0 saturated heterocycles. The molecule has 3 rings (SSSR count). The fourth-order valence-corrected chi connectivity index (χ4v) is 2.04. The molecule has 2 aromatic heterocycles. The maximum atomic E-state index is 8.79. The van der Waals surface area contributed by atoms with Crippen LogP contribution in [-0.4, -0.2) is 42.3 Å². The zero-order valence-corrected chi connectivity index (χ0v) is 10.0. The van der Waals surface area contributed by atoms with Gasteiger partial charge in [0, 0.05) is 25.5 Å². The van der Waals surface area contributed by atoms with Crippen molar-refractivity contribution in [3.63, 3.8) is 0 Å². The predicted octanol–water partition coefficient (Wildman–Crippen LogP) is -0.817. The molecule has 0 fully saturated rings. The molecule has 0 radical (unpaired) electrons. The number of oxime groups is 1. The van der Waals surface area contributed by atoms with Crippen LogP contribution in [0.1, 0.15) is 11.5 Å². The van der Waals surface area contributed by atoms with E-state index in [1.807, 2.05) is 9.47 Å². The largest absolute Gasteiger partial charge is 0.409 e. The van der Waals surface area contributed by atoms with Gasteiger partial charge in [0.1, 0.15) is 6.33 Å². The van der Waals surface area contributed by atoms with Crippen LogP contribution in [0.2, 0.25) is 0 Å². The number of hydrogen-bond acceptors (Lipinski definition) is 7. The van der Waals surface area contributed by atoms with Gasteiger partial charge in [-0.1, -0.05) is 5.16 Å². The van der Waals surface area contributed by atoms with E-state index in [2.05, 4.69) is 25.3 Å². The number of amidine groups is 1. The second-order valence-electron chi connectivity index (χ2n) is 4.08. The molecule has 0 amide bonds. The average Bonchev–Trinajstić information content (AvgIpc) is 2.93. The van der Waals surface area contributed by atoms with E-state index in [4.69, 9.17) is 10.9 Å². The summed E-state index contributed by atoms with van der Waals surface area (Å²) in [6.07, 6.45) is 4.78. The van der Waals surface area contributed by atoms with Crippen molar-refractivity contribution < 1.29 is 5.21 Å². The van der Waals surface area contributed by atoms with Crippen molar-refractivity contribution in [2.45, 2.75) is 13.1 Å². The van der Waals surface area contributed by atoms with Crippen molar-refractivity contribution in [1.82, 2.24) is 24.7 Å². The number of nitrogens with zero attached hydrogens (tertiary/aromatic N) is 7. The minimum Gasteiger partial charge on any atom is -0.409 e. The summed E-state index contributed by atoms with van der Waals surface area (Å²) < 4.78 is 1.98. The molecule has 0 aliphatic carbocycles. The van der Waals surface area contributed by atoms with Crippen LogP contribution >= 0.6 is 0 Å². The van der Waals surface area contributed by atoms with Crippen molar-refractivity contribution in [1.29, 1.82) is 0 Å². The first-order valence-electron chi connectivity index (χ1n) is 5.70. The number of rotatable bonds is 2. The fraction of sp³-hybridized carbons (Fsp3) is 0.300. The summed E-state index contributed by atoms with van der Waals surface area (Å²) in [5.74, 6) is 1.37. The number of nitrogens with two attached hydrogens (primary N) is 1. The second-order valence-corrected chi connectivity index (χ2v) is 4.08. The molecular formula is C10H12N8O. The Morgan fingerprint density at radius 1 is 1.32 bits per heavy atom. The maximum absolute atomic E-state index is 8.79. The summed E-state index contributed by atoms with van der Waals surface area (Å²) >= 11 is 0. The lowest BCUT2D eigenvalue weighted by Crippen LogP contribution is -2.36. The predicted molar refractivity (Wildman–Crippen MR) is 65.6 cm³/mol. The molecule has 98 valence electrons. The summed E-state index contributed by atoms with van der Waals surface area (Å²) in [5, 5.41) is 19.7. The van der Waals surface area contributed by atoms with Gasteiger partial charge < -0.3 is 20.4 Å². The Kier molecular flexibility index (Phi) is 2.71. The Bertz CT molecular complexity index is 621. The molecule has 0 aromatic carbocycles. The van der Waals surface area contributed by atoms with Crippen LogP contribution in [0.4, 0.5) is 5.82 Å². The van der Waals surface area contributed by atoms with E-state index >= 15 is 0 Å². The number of fused-ring (bicyclic) bond motifs is 1. The van der Waals surface area contributed by atoms with Crippen molar-refractivity contribution in [2.75, 3.05) is 11.4 Å². The van der Waals surface area contributed by atoms with Crippen LogP contribution < -0.4 is 10.6 Å². The Morgan fingerprint density at radius 3 is 3.00 bits per heavy atom. The summed E-state index contributed by atoms with van der Waals surface area (Å²) in [6.45, 7) is 2.05. The third-order valence-electron chi connectivity index (χ3n) is 2.97. The van der Waals surface area contributed by atoms with E-state index < -0.39 is 0 Å².